The fourth-order valence-corrected chi connectivity index (χ4v) is 1.79. The topological polar surface area (TPSA) is 95.7 Å². The summed E-state index contributed by atoms with van der Waals surface area (Å²) in [5.74, 6) is 1.05. The van der Waals surface area contributed by atoms with Gasteiger partial charge in [0.15, 0.2) is 5.82 Å². The van der Waals surface area contributed by atoms with Crippen molar-refractivity contribution >= 4 is 0 Å². The maximum Gasteiger partial charge on any atom is 0.257 e. The van der Waals surface area contributed by atoms with Crippen molar-refractivity contribution in [2.24, 2.45) is 5.73 Å². The Bertz CT molecular complexity index is 700. The largest absolute Gasteiger partial charge is 0.334 e. The van der Waals surface area contributed by atoms with E-state index in [0.717, 1.165) is 11.3 Å². The lowest BCUT2D eigenvalue weighted by Gasteiger charge is -1.94. The Morgan fingerprint density at radius 3 is 2.75 bits per heavy atom. The Hall–Kier alpha value is -2.54. The molecule has 0 saturated heterocycles. The molecule has 2 heterocycles. The molecule has 3 rings (SSSR count). The van der Waals surface area contributed by atoms with Crippen LogP contribution < -0.4 is 5.73 Å². The number of hydrogen-bond donors (Lipinski definition) is 1. The van der Waals surface area contributed by atoms with E-state index in [-0.39, 0.29) is 0 Å². The van der Waals surface area contributed by atoms with E-state index in [2.05, 4.69) is 20.5 Å². The monoisotopic (exact) mass is 270 g/mol. The number of benzene rings is 1. The van der Waals surface area contributed by atoms with Crippen molar-refractivity contribution in [3.63, 3.8) is 0 Å². The van der Waals surface area contributed by atoms with Gasteiger partial charge < -0.3 is 10.3 Å². The lowest BCUT2D eigenvalue weighted by molar-refractivity contribution is 0.418. The van der Waals surface area contributed by atoms with Crippen molar-refractivity contribution < 1.29 is 4.52 Å². The van der Waals surface area contributed by atoms with Crippen LogP contribution in [0.4, 0.5) is 0 Å². The van der Waals surface area contributed by atoms with Gasteiger partial charge in [0, 0.05) is 12.1 Å². The Balaban J connectivity index is 1.78. The molecule has 0 unspecified atom stereocenters. The fourth-order valence-electron chi connectivity index (χ4n) is 1.79. The second kappa shape index (κ2) is 5.22. The summed E-state index contributed by atoms with van der Waals surface area (Å²) in [6.07, 6.45) is 1.77. The number of nitrogens with two attached hydrogens (primary N) is 1. The van der Waals surface area contributed by atoms with Gasteiger partial charge in [0.25, 0.3) is 5.89 Å². The standard InChI is InChI=1S/C13H14N6O/c1-9-2-4-10(5-3-9)13-15-12(17-20-13)8-19-7-11(6-14)16-18-19/h2-5,7H,6,8,14H2,1H3. The Morgan fingerprint density at radius 2 is 2.05 bits per heavy atom. The quantitative estimate of drug-likeness (QED) is 0.763. The molecule has 3 aromatic rings. The van der Waals surface area contributed by atoms with Crippen LogP contribution in [-0.4, -0.2) is 25.1 Å². The summed E-state index contributed by atoms with van der Waals surface area (Å²) in [5.41, 5.74) is 8.30. The van der Waals surface area contributed by atoms with E-state index in [1.165, 1.54) is 5.56 Å². The number of nitrogens with zero attached hydrogens (tertiary/aromatic N) is 5. The maximum absolute atomic E-state index is 5.48. The molecule has 7 nitrogen and oxygen atoms in total. The molecule has 0 aliphatic carbocycles. The summed E-state index contributed by atoms with van der Waals surface area (Å²) < 4.78 is 6.88. The van der Waals surface area contributed by atoms with Gasteiger partial charge in [-0.15, -0.1) is 5.10 Å². The highest BCUT2D eigenvalue weighted by Gasteiger charge is 2.10. The molecule has 2 aromatic heterocycles. The van der Waals surface area contributed by atoms with Crippen LogP contribution in [0, 0.1) is 6.92 Å². The van der Waals surface area contributed by atoms with Gasteiger partial charge in [0.2, 0.25) is 0 Å². The predicted octanol–water partition coefficient (Wildman–Crippen LogP) is 1.14. The predicted molar refractivity (Wildman–Crippen MR) is 71.5 cm³/mol. The molecule has 0 radical (unpaired) electrons. The van der Waals surface area contributed by atoms with Crippen LogP contribution in [0.5, 0.6) is 0 Å². The van der Waals surface area contributed by atoms with Crippen LogP contribution in [-0.2, 0) is 13.1 Å². The first-order valence-corrected chi connectivity index (χ1v) is 6.23. The van der Waals surface area contributed by atoms with E-state index in [9.17, 15) is 0 Å². The molecule has 0 aliphatic rings. The van der Waals surface area contributed by atoms with Crippen molar-refractivity contribution in [3.05, 3.63) is 47.5 Å². The molecule has 2 N–H and O–H groups in total. The molecule has 1 aromatic carbocycles. The van der Waals surface area contributed by atoms with Gasteiger partial charge >= 0.3 is 0 Å². The molecule has 0 aliphatic heterocycles. The minimum Gasteiger partial charge on any atom is -0.334 e. The van der Waals surface area contributed by atoms with Crippen molar-refractivity contribution in [1.82, 2.24) is 25.1 Å². The summed E-state index contributed by atoms with van der Waals surface area (Å²) in [6, 6.07) is 7.91. The normalized spacial score (nSPS) is 10.9. The highest BCUT2D eigenvalue weighted by Crippen LogP contribution is 2.17. The Labute approximate surface area is 115 Å². The smallest absolute Gasteiger partial charge is 0.257 e. The molecule has 0 spiro atoms. The zero-order chi connectivity index (χ0) is 13.9. The Kier molecular flexibility index (Phi) is 3.26. The SMILES string of the molecule is Cc1ccc(-c2nc(Cn3cc(CN)nn3)no2)cc1. The van der Waals surface area contributed by atoms with Crippen molar-refractivity contribution in [2.45, 2.75) is 20.0 Å². The van der Waals surface area contributed by atoms with E-state index < -0.39 is 0 Å². The van der Waals surface area contributed by atoms with Crippen molar-refractivity contribution in [3.8, 4) is 11.5 Å². The van der Waals surface area contributed by atoms with Crippen LogP contribution in [0.15, 0.2) is 35.0 Å². The van der Waals surface area contributed by atoms with Crippen LogP contribution in [0.2, 0.25) is 0 Å². The van der Waals surface area contributed by atoms with E-state index in [1.807, 2.05) is 31.2 Å². The van der Waals surface area contributed by atoms with Crippen LogP contribution in [0.1, 0.15) is 17.1 Å². The minimum absolute atomic E-state index is 0.362. The van der Waals surface area contributed by atoms with Crippen molar-refractivity contribution in [1.29, 1.82) is 0 Å². The molecule has 0 saturated carbocycles. The van der Waals surface area contributed by atoms with Gasteiger partial charge in [-0.2, -0.15) is 4.98 Å². The summed E-state index contributed by atoms with van der Waals surface area (Å²) >= 11 is 0. The third kappa shape index (κ3) is 2.57. The molecule has 0 amide bonds. The molecular formula is C13H14N6O. The van der Waals surface area contributed by atoms with Crippen LogP contribution >= 0.6 is 0 Å². The van der Waals surface area contributed by atoms with Gasteiger partial charge in [-0.1, -0.05) is 28.1 Å². The van der Waals surface area contributed by atoms with Gasteiger partial charge in [0.1, 0.15) is 6.54 Å². The Morgan fingerprint density at radius 1 is 1.25 bits per heavy atom. The van der Waals surface area contributed by atoms with Crippen LogP contribution in [0.25, 0.3) is 11.5 Å². The average Bonchev–Trinajstić information content (AvgIpc) is 3.09. The first kappa shape index (κ1) is 12.5. The third-order valence-electron chi connectivity index (χ3n) is 2.87. The number of rotatable bonds is 4. The second-order valence-corrected chi connectivity index (χ2v) is 4.49. The lowest BCUT2D eigenvalue weighted by Crippen LogP contribution is -2.02. The second-order valence-electron chi connectivity index (χ2n) is 4.49. The molecular weight excluding hydrogens is 256 g/mol. The summed E-state index contributed by atoms with van der Waals surface area (Å²) in [4.78, 5) is 4.34. The number of aryl methyl sites for hydroxylation is 1. The molecule has 7 heteroatoms. The molecule has 0 bridgehead atoms. The van der Waals surface area contributed by atoms with Gasteiger partial charge in [-0.25, -0.2) is 4.68 Å². The molecule has 0 atom stereocenters. The summed E-state index contributed by atoms with van der Waals surface area (Å²) in [7, 11) is 0. The first-order chi connectivity index (χ1) is 9.74. The molecule has 0 fully saturated rings. The highest BCUT2D eigenvalue weighted by atomic mass is 16.5. The van der Waals surface area contributed by atoms with E-state index in [4.69, 9.17) is 10.3 Å². The van der Waals surface area contributed by atoms with E-state index in [1.54, 1.807) is 10.9 Å². The number of hydrogen-bond acceptors (Lipinski definition) is 6. The maximum atomic E-state index is 5.48. The number of aromatic nitrogens is 5. The zero-order valence-corrected chi connectivity index (χ0v) is 11.0. The lowest BCUT2D eigenvalue weighted by atomic mass is 10.1. The summed E-state index contributed by atoms with van der Waals surface area (Å²) in [6.45, 7) is 2.80. The van der Waals surface area contributed by atoms with E-state index >= 15 is 0 Å². The average molecular weight is 270 g/mol. The van der Waals surface area contributed by atoms with Gasteiger partial charge in [-0.3, -0.25) is 0 Å². The van der Waals surface area contributed by atoms with Crippen LogP contribution in [0.3, 0.4) is 0 Å². The van der Waals surface area contributed by atoms with Gasteiger partial charge in [0.05, 0.1) is 11.9 Å². The molecule has 102 valence electrons. The highest BCUT2D eigenvalue weighted by molar-refractivity contribution is 5.53. The third-order valence-corrected chi connectivity index (χ3v) is 2.87. The van der Waals surface area contributed by atoms with Crippen molar-refractivity contribution in [2.75, 3.05) is 0 Å². The van der Waals surface area contributed by atoms with E-state index in [0.29, 0.717) is 24.8 Å². The first-order valence-electron chi connectivity index (χ1n) is 6.23. The fraction of sp³-hybridized carbons (Fsp3) is 0.231. The zero-order valence-electron chi connectivity index (χ0n) is 11.0. The summed E-state index contributed by atoms with van der Waals surface area (Å²) in [5, 5.41) is 11.8. The molecule has 20 heavy (non-hydrogen) atoms. The van der Waals surface area contributed by atoms with Gasteiger partial charge in [-0.05, 0) is 19.1 Å². The minimum atomic E-state index is 0.362.